The van der Waals surface area contributed by atoms with Crippen molar-refractivity contribution in [2.45, 2.75) is 13.0 Å². The Hall–Kier alpha value is -1.56. The molecule has 17 heavy (non-hydrogen) atoms. The Labute approximate surface area is 102 Å². The predicted octanol–water partition coefficient (Wildman–Crippen LogP) is 0.0846. The van der Waals surface area contributed by atoms with Crippen molar-refractivity contribution in [2.75, 3.05) is 33.9 Å². The van der Waals surface area contributed by atoms with Gasteiger partial charge in [0.05, 0.1) is 6.33 Å². The molecule has 0 fully saturated rings. The number of nitrogens with zero attached hydrogens (tertiary/aromatic N) is 3. The Balaban J connectivity index is 2.10. The maximum Gasteiger partial charge on any atom is 0.191 e. The van der Waals surface area contributed by atoms with Crippen molar-refractivity contribution in [1.29, 1.82) is 0 Å². The zero-order valence-electron chi connectivity index (χ0n) is 10.5. The van der Waals surface area contributed by atoms with Gasteiger partial charge in [0.25, 0.3) is 0 Å². The summed E-state index contributed by atoms with van der Waals surface area (Å²) >= 11 is 0. The number of ether oxygens (including phenoxy) is 1. The van der Waals surface area contributed by atoms with Gasteiger partial charge in [0.2, 0.25) is 0 Å². The van der Waals surface area contributed by atoms with Gasteiger partial charge in [-0.15, -0.1) is 0 Å². The van der Waals surface area contributed by atoms with E-state index < -0.39 is 0 Å². The molecular weight excluding hydrogens is 218 g/mol. The first-order valence-electron chi connectivity index (χ1n) is 5.76. The fraction of sp³-hybridized carbons (Fsp3) is 0.636. The molecule has 6 nitrogen and oxygen atoms in total. The Bertz CT molecular complexity index is 310. The van der Waals surface area contributed by atoms with Crippen molar-refractivity contribution in [3.8, 4) is 0 Å². The SMILES string of the molecule is CN=C(NCCCOC)NCCn1ccnc1. The molecular formula is C11H21N5O. The highest BCUT2D eigenvalue weighted by molar-refractivity contribution is 5.79. The summed E-state index contributed by atoms with van der Waals surface area (Å²) in [5, 5.41) is 6.45. The molecule has 6 heteroatoms. The highest BCUT2D eigenvalue weighted by Crippen LogP contribution is 1.84. The molecule has 96 valence electrons. The maximum absolute atomic E-state index is 4.98. The minimum Gasteiger partial charge on any atom is -0.385 e. The number of hydrogen-bond donors (Lipinski definition) is 2. The highest BCUT2D eigenvalue weighted by atomic mass is 16.5. The van der Waals surface area contributed by atoms with Crippen LogP contribution >= 0.6 is 0 Å². The molecule has 0 spiro atoms. The first kappa shape index (κ1) is 13.5. The first-order chi connectivity index (χ1) is 8.36. The van der Waals surface area contributed by atoms with Gasteiger partial charge in [-0.2, -0.15) is 0 Å². The van der Waals surface area contributed by atoms with Crippen LogP contribution in [0.1, 0.15) is 6.42 Å². The van der Waals surface area contributed by atoms with Gasteiger partial charge in [-0.25, -0.2) is 4.98 Å². The fourth-order valence-corrected chi connectivity index (χ4v) is 1.37. The lowest BCUT2D eigenvalue weighted by molar-refractivity contribution is 0.195. The van der Waals surface area contributed by atoms with Crippen LogP contribution in [0, 0.1) is 0 Å². The second-order valence-electron chi connectivity index (χ2n) is 3.57. The normalized spacial score (nSPS) is 11.5. The highest BCUT2D eigenvalue weighted by Gasteiger charge is 1.96. The average Bonchev–Trinajstić information content (AvgIpc) is 2.85. The molecule has 0 aliphatic heterocycles. The van der Waals surface area contributed by atoms with E-state index in [9.17, 15) is 0 Å². The van der Waals surface area contributed by atoms with Gasteiger partial charge in [-0.3, -0.25) is 4.99 Å². The molecule has 0 saturated heterocycles. The summed E-state index contributed by atoms with van der Waals surface area (Å²) in [6.45, 7) is 3.32. The van der Waals surface area contributed by atoms with Gasteiger partial charge >= 0.3 is 0 Å². The number of rotatable bonds is 7. The van der Waals surface area contributed by atoms with Gasteiger partial charge in [0, 0.05) is 52.8 Å². The molecule has 2 N–H and O–H groups in total. The van der Waals surface area contributed by atoms with Gasteiger partial charge in [0.15, 0.2) is 5.96 Å². The van der Waals surface area contributed by atoms with E-state index in [1.807, 2.05) is 10.8 Å². The molecule has 0 aliphatic carbocycles. The van der Waals surface area contributed by atoms with Gasteiger partial charge < -0.3 is 19.9 Å². The average molecular weight is 239 g/mol. The number of aromatic nitrogens is 2. The smallest absolute Gasteiger partial charge is 0.191 e. The van der Waals surface area contributed by atoms with E-state index in [2.05, 4.69) is 20.6 Å². The molecule has 0 aliphatic rings. The predicted molar refractivity (Wildman–Crippen MR) is 68.1 cm³/mol. The third-order valence-electron chi connectivity index (χ3n) is 2.26. The number of imidazole rings is 1. The Morgan fingerprint density at radius 3 is 2.88 bits per heavy atom. The molecule has 0 unspecified atom stereocenters. The van der Waals surface area contributed by atoms with Crippen LogP contribution in [0.5, 0.6) is 0 Å². The van der Waals surface area contributed by atoms with Crippen LogP contribution in [0.15, 0.2) is 23.7 Å². The van der Waals surface area contributed by atoms with Crippen molar-refractivity contribution in [1.82, 2.24) is 20.2 Å². The molecule has 0 radical (unpaired) electrons. The zero-order chi connectivity index (χ0) is 12.3. The zero-order valence-corrected chi connectivity index (χ0v) is 10.5. The quantitative estimate of drug-likeness (QED) is 0.402. The van der Waals surface area contributed by atoms with Crippen LogP contribution in [0.3, 0.4) is 0 Å². The minimum atomic E-state index is 0.763. The van der Waals surface area contributed by atoms with Crippen molar-refractivity contribution in [2.24, 2.45) is 4.99 Å². The van der Waals surface area contributed by atoms with Crippen molar-refractivity contribution in [3.63, 3.8) is 0 Å². The van der Waals surface area contributed by atoms with E-state index in [0.29, 0.717) is 0 Å². The molecule has 0 bridgehead atoms. The van der Waals surface area contributed by atoms with Gasteiger partial charge in [0.1, 0.15) is 0 Å². The van der Waals surface area contributed by atoms with Gasteiger partial charge in [-0.1, -0.05) is 0 Å². The van der Waals surface area contributed by atoms with Crippen molar-refractivity contribution < 1.29 is 4.74 Å². The fourth-order valence-electron chi connectivity index (χ4n) is 1.37. The van der Waals surface area contributed by atoms with E-state index in [0.717, 1.165) is 38.6 Å². The Kier molecular flexibility index (Phi) is 6.81. The summed E-state index contributed by atoms with van der Waals surface area (Å²) in [6.07, 6.45) is 6.49. The summed E-state index contributed by atoms with van der Waals surface area (Å²) in [5.74, 6) is 0.821. The maximum atomic E-state index is 4.98. The summed E-state index contributed by atoms with van der Waals surface area (Å²) in [7, 11) is 3.47. The molecule has 0 amide bonds. The Morgan fingerprint density at radius 1 is 1.41 bits per heavy atom. The second kappa shape index (κ2) is 8.58. The first-order valence-corrected chi connectivity index (χ1v) is 5.76. The monoisotopic (exact) mass is 239 g/mol. The van der Waals surface area contributed by atoms with Crippen LogP contribution in [0.4, 0.5) is 0 Å². The van der Waals surface area contributed by atoms with Crippen LogP contribution in [-0.2, 0) is 11.3 Å². The lowest BCUT2D eigenvalue weighted by atomic mass is 10.4. The summed E-state index contributed by atoms with van der Waals surface area (Å²) in [4.78, 5) is 8.12. The Morgan fingerprint density at radius 2 is 2.24 bits per heavy atom. The standard InChI is InChI=1S/C11H21N5O/c1-12-11(14-4-3-9-17-2)15-6-8-16-7-5-13-10-16/h5,7,10H,3-4,6,8-9H2,1-2H3,(H2,12,14,15). The summed E-state index contributed by atoms with van der Waals surface area (Å²) in [5.41, 5.74) is 0. The van der Waals surface area contributed by atoms with E-state index >= 15 is 0 Å². The molecule has 0 saturated carbocycles. The topological polar surface area (TPSA) is 63.5 Å². The minimum absolute atomic E-state index is 0.763. The van der Waals surface area contributed by atoms with Crippen LogP contribution < -0.4 is 10.6 Å². The number of aliphatic imine (C=N–C) groups is 1. The largest absolute Gasteiger partial charge is 0.385 e. The molecule has 0 aromatic carbocycles. The number of hydrogen-bond acceptors (Lipinski definition) is 3. The van der Waals surface area contributed by atoms with E-state index in [-0.39, 0.29) is 0 Å². The number of methoxy groups -OCH3 is 1. The van der Waals surface area contributed by atoms with E-state index in [1.165, 1.54) is 0 Å². The van der Waals surface area contributed by atoms with Crippen LogP contribution in [0.2, 0.25) is 0 Å². The molecule has 1 aromatic heterocycles. The third-order valence-corrected chi connectivity index (χ3v) is 2.26. The van der Waals surface area contributed by atoms with E-state index in [4.69, 9.17) is 4.74 Å². The lowest BCUT2D eigenvalue weighted by Gasteiger charge is -2.11. The van der Waals surface area contributed by atoms with E-state index in [1.54, 1.807) is 26.7 Å². The molecule has 1 rings (SSSR count). The number of guanidine groups is 1. The molecule has 1 aromatic rings. The molecule has 1 heterocycles. The second-order valence-corrected chi connectivity index (χ2v) is 3.57. The van der Waals surface area contributed by atoms with Crippen LogP contribution in [-0.4, -0.2) is 49.4 Å². The lowest BCUT2D eigenvalue weighted by Crippen LogP contribution is -2.39. The van der Waals surface area contributed by atoms with Crippen molar-refractivity contribution in [3.05, 3.63) is 18.7 Å². The number of nitrogens with one attached hydrogen (secondary N) is 2. The van der Waals surface area contributed by atoms with Crippen molar-refractivity contribution >= 4 is 5.96 Å². The third kappa shape index (κ3) is 5.91. The molecule has 0 atom stereocenters. The van der Waals surface area contributed by atoms with Gasteiger partial charge in [-0.05, 0) is 6.42 Å². The summed E-state index contributed by atoms with van der Waals surface area (Å²) < 4.78 is 7.00. The summed E-state index contributed by atoms with van der Waals surface area (Å²) in [6, 6.07) is 0. The van der Waals surface area contributed by atoms with Crippen LogP contribution in [0.25, 0.3) is 0 Å².